The van der Waals surface area contributed by atoms with Gasteiger partial charge in [-0.1, -0.05) is 6.92 Å². The van der Waals surface area contributed by atoms with Crippen molar-refractivity contribution in [2.45, 2.75) is 52.0 Å². The van der Waals surface area contributed by atoms with Crippen LogP contribution in [0.4, 0.5) is 0 Å². The minimum Gasteiger partial charge on any atom is -0.342 e. The van der Waals surface area contributed by atoms with Gasteiger partial charge < -0.3 is 10.6 Å². The van der Waals surface area contributed by atoms with E-state index in [2.05, 4.69) is 11.9 Å². The molecule has 2 N–H and O–H groups in total. The zero-order valence-electron chi connectivity index (χ0n) is 15.3. The fraction of sp³-hybridized carbons (Fsp3) is 0.632. The van der Waals surface area contributed by atoms with E-state index in [1.54, 1.807) is 22.2 Å². The lowest BCUT2D eigenvalue weighted by Crippen LogP contribution is -2.35. The largest absolute Gasteiger partial charge is 0.342 e. The first-order valence-corrected chi connectivity index (χ1v) is 10.3. The molecule has 26 heavy (non-hydrogen) atoms. The Labute approximate surface area is 157 Å². The maximum absolute atomic E-state index is 12.9. The average Bonchev–Trinajstić information content (AvgIpc) is 3.22. The summed E-state index contributed by atoms with van der Waals surface area (Å²) in [5.74, 6) is 0.0986. The van der Waals surface area contributed by atoms with Crippen molar-refractivity contribution >= 4 is 27.5 Å². The number of likely N-dealkylation sites (tertiary alicyclic amines) is 1. The van der Waals surface area contributed by atoms with Crippen LogP contribution in [0.25, 0.3) is 10.2 Å². The van der Waals surface area contributed by atoms with E-state index in [-0.39, 0.29) is 16.9 Å². The lowest BCUT2D eigenvalue weighted by Gasteiger charge is -2.22. The number of hydrogen-bond donors (Lipinski definition) is 1. The van der Waals surface area contributed by atoms with Crippen LogP contribution in [0.3, 0.4) is 0 Å². The minimum absolute atomic E-state index is 0.00965. The average molecular weight is 375 g/mol. The van der Waals surface area contributed by atoms with Gasteiger partial charge in [0.1, 0.15) is 4.83 Å². The standard InChI is InChI=1S/C19H26N4O2S/c1-19(10-20)7-9-22(11-19)15(24)6-8-23-12-21-17-16(18(23)25)13-4-2-3-5-14(13)26-17/h12H,2-11,20H2,1H3. The summed E-state index contributed by atoms with van der Waals surface area (Å²) in [5.41, 5.74) is 7.06. The smallest absolute Gasteiger partial charge is 0.262 e. The molecule has 1 atom stereocenters. The molecule has 1 unspecified atom stereocenters. The number of carbonyl (C=O) groups excluding carboxylic acids is 1. The van der Waals surface area contributed by atoms with E-state index in [1.165, 1.54) is 16.9 Å². The molecule has 0 aromatic carbocycles. The zero-order valence-corrected chi connectivity index (χ0v) is 16.1. The highest BCUT2D eigenvalue weighted by molar-refractivity contribution is 7.18. The molecular weight excluding hydrogens is 348 g/mol. The highest BCUT2D eigenvalue weighted by Crippen LogP contribution is 2.33. The van der Waals surface area contributed by atoms with Gasteiger partial charge in [-0.15, -0.1) is 11.3 Å². The van der Waals surface area contributed by atoms with Crippen LogP contribution in [0.5, 0.6) is 0 Å². The van der Waals surface area contributed by atoms with Crippen molar-refractivity contribution in [2.24, 2.45) is 11.1 Å². The van der Waals surface area contributed by atoms with Crippen LogP contribution in [0, 0.1) is 5.41 Å². The number of nitrogens with two attached hydrogens (primary N) is 1. The van der Waals surface area contributed by atoms with Crippen LogP contribution in [0.1, 0.15) is 43.0 Å². The Hall–Kier alpha value is -1.73. The minimum atomic E-state index is 0.00965. The molecule has 0 saturated carbocycles. The number of aryl methyl sites for hydroxylation is 3. The Kier molecular flexibility index (Phi) is 4.61. The molecule has 1 aliphatic carbocycles. The number of fused-ring (bicyclic) bond motifs is 3. The van der Waals surface area contributed by atoms with E-state index in [1.807, 2.05) is 4.90 Å². The number of aromatic nitrogens is 2. The number of hydrogen-bond acceptors (Lipinski definition) is 5. The van der Waals surface area contributed by atoms with Gasteiger partial charge in [0.05, 0.1) is 11.7 Å². The molecule has 1 amide bonds. The van der Waals surface area contributed by atoms with Crippen molar-refractivity contribution in [3.63, 3.8) is 0 Å². The van der Waals surface area contributed by atoms with Crippen LogP contribution >= 0.6 is 11.3 Å². The molecule has 2 aromatic heterocycles. The van der Waals surface area contributed by atoms with Crippen molar-refractivity contribution in [2.75, 3.05) is 19.6 Å². The summed E-state index contributed by atoms with van der Waals surface area (Å²) in [5, 5.41) is 0.788. The lowest BCUT2D eigenvalue weighted by molar-refractivity contribution is -0.130. The van der Waals surface area contributed by atoms with E-state index in [9.17, 15) is 9.59 Å². The van der Waals surface area contributed by atoms with Crippen LogP contribution in [0.2, 0.25) is 0 Å². The van der Waals surface area contributed by atoms with E-state index in [0.717, 1.165) is 42.4 Å². The van der Waals surface area contributed by atoms with Gasteiger partial charge in [0.25, 0.3) is 5.56 Å². The number of nitrogens with zero attached hydrogens (tertiary/aromatic N) is 3. The summed E-state index contributed by atoms with van der Waals surface area (Å²) in [6.07, 6.45) is 7.25. The fourth-order valence-electron chi connectivity index (χ4n) is 4.12. The Bertz CT molecular complexity index is 903. The van der Waals surface area contributed by atoms with Gasteiger partial charge in [0, 0.05) is 30.9 Å². The molecule has 3 heterocycles. The number of rotatable bonds is 4. The second kappa shape index (κ2) is 6.78. The first-order chi connectivity index (χ1) is 12.5. The van der Waals surface area contributed by atoms with Crippen molar-refractivity contribution < 1.29 is 4.79 Å². The SMILES string of the molecule is CC1(CN)CCN(C(=O)CCn2cnc3sc4c(c3c2=O)CCCC4)C1. The van der Waals surface area contributed by atoms with E-state index in [0.29, 0.717) is 26.1 Å². The van der Waals surface area contributed by atoms with Gasteiger partial charge in [0.15, 0.2) is 0 Å². The van der Waals surface area contributed by atoms with Crippen LogP contribution in [-0.4, -0.2) is 40.0 Å². The van der Waals surface area contributed by atoms with Gasteiger partial charge in [-0.2, -0.15) is 0 Å². The summed E-state index contributed by atoms with van der Waals surface area (Å²) in [6.45, 7) is 4.59. The number of thiophene rings is 1. The number of amides is 1. The second-order valence-electron chi connectivity index (χ2n) is 7.96. The zero-order chi connectivity index (χ0) is 18.3. The Morgan fingerprint density at radius 1 is 1.38 bits per heavy atom. The molecule has 2 aromatic rings. The summed E-state index contributed by atoms with van der Waals surface area (Å²) < 4.78 is 1.61. The topological polar surface area (TPSA) is 81.2 Å². The third-order valence-electron chi connectivity index (χ3n) is 5.91. The maximum atomic E-state index is 12.9. The fourth-order valence-corrected chi connectivity index (χ4v) is 5.34. The van der Waals surface area contributed by atoms with E-state index < -0.39 is 0 Å². The highest BCUT2D eigenvalue weighted by atomic mass is 32.1. The van der Waals surface area contributed by atoms with Crippen LogP contribution < -0.4 is 11.3 Å². The molecule has 1 fully saturated rings. The van der Waals surface area contributed by atoms with E-state index in [4.69, 9.17) is 5.73 Å². The molecule has 7 heteroatoms. The van der Waals surface area contributed by atoms with Crippen LogP contribution in [-0.2, 0) is 24.2 Å². The molecule has 0 bridgehead atoms. The molecule has 4 rings (SSSR count). The molecule has 1 saturated heterocycles. The molecule has 140 valence electrons. The van der Waals surface area contributed by atoms with Crippen LogP contribution in [0.15, 0.2) is 11.1 Å². The van der Waals surface area contributed by atoms with Crippen molar-refractivity contribution in [1.29, 1.82) is 0 Å². The predicted octanol–water partition coefficient (Wildman–Crippen LogP) is 1.92. The monoisotopic (exact) mass is 374 g/mol. The lowest BCUT2D eigenvalue weighted by atomic mass is 9.90. The number of carbonyl (C=O) groups is 1. The Balaban J connectivity index is 1.50. The van der Waals surface area contributed by atoms with Crippen molar-refractivity contribution in [3.05, 3.63) is 27.1 Å². The molecule has 0 radical (unpaired) electrons. The second-order valence-corrected chi connectivity index (χ2v) is 9.05. The third kappa shape index (κ3) is 3.07. The summed E-state index contributed by atoms with van der Waals surface area (Å²) in [6, 6.07) is 0. The normalized spacial score (nSPS) is 22.8. The van der Waals surface area contributed by atoms with Crippen molar-refractivity contribution in [1.82, 2.24) is 14.5 Å². The molecular formula is C19H26N4O2S. The van der Waals surface area contributed by atoms with E-state index >= 15 is 0 Å². The van der Waals surface area contributed by atoms with Gasteiger partial charge in [-0.05, 0) is 49.6 Å². The van der Waals surface area contributed by atoms with Crippen molar-refractivity contribution in [3.8, 4) is 0 Å². The van der Waals surface area contributed by atoms with Gasteiger partial charge in [-0.3, -0.25) is 14.2 Å². The molecule has 6 nitrogen and oxygen atoms in total. The molecule has 2 aliphatic rings. The highest BCUT2D eigenvalue weighted by Gasteiger charge is 2.34. The Morgan fingerprint density at radius 3 is 2.96 bits per heavy atom. The maximum Gasteiger partial charge on any atom is 0.262 e. The first kappa shape index (κ1) is 17.7. The quantitative estimate of drug-likeness (QED) is 0.887. The first-order valence-electron chi connectivity index (χ1n) is 9.48. The third-order valence-corrected chi connectivity index (χ3v) is 7.11. The van der Waals surface area contributed by atoms with Gasteiger partial charge in [-0.25, -0.2) is 4.98 Å². The summed E-state index contributed by atoms with van der Waals surface area (Å²) in [7, 11) is 0. The van der Waals surface area contributed by atoms with Gasteiger partial charge in [0.2, 0.25) is 5.91 Å². The molecule has 1 aliphatic heterocycles. The Morgan fingerprint density at radius 2 is 2.19 bits per heavy atom. The predicted molar refractivity (Wildman–Crippen MR) is 103 cm³/mol. The molecule has 0 spiro atoms. The summed E-state index contributed by atoms with van der Waals surface area (Å²) >= 11 is 1.66. The summed E-state index contributed by atoms with van der Waals surface area (Å²) in [4.78, 5) is 34.0. The van der Waals surface area contributed by atoms with Gasteiger partial charge >= 0.3 is 0 Å².